The molecule has 0 aromatic rings. The van der Waals surface area contributed by atoms with Crippen molar-refractivity contribution in [1.29, 1.82) is 0 Å². The van der Waals surface area contributed by atoms with Crippen LogP contribution in [0.5, 0.6) is 0 Å². The van der Waals surface area contributed by atoms with E-state index in [1.54, 1.807) is 0 Å². The molecule has 0 bridgehead atoms. The summed E-state index contributed by atoms with van der Waals surface area (Å²) in [6, 6.07) is 0. The Balaban J connectivity index is 0.000000555. The predicted octanol–water partition coefficient (Wildman–Crippen LogP) is -2.13. The Hall–Kier alpha value is -0.300. The molecule has 3 N–H and O–H groups in total. The van der Waals surface area contributed by atoms with Gasteiger partial charge < -0.3 is 14.7 Å². The van der Waals surface area contributed by atoms with Crippen LogP contribution in [-0.2, 0) is 58.6 Å². The minimum absolute atomic E-state index is 0.285. The Bertz CT molecular complexity index is 328. The quantitative estimate of drug-likeness (QED) is 0.320. The molecule has 17 heteroatoms. The van der Waals surface area contributed by atoms with Gasteiger partial charge in [-0.1, -0.05) is 4.33 Å². The molecule has 1 rings (SSSR count). The van der Waals surface area contributed by atoms with Gasteiger partial charge in [0, 0.05) is 0 Å². The smallest absolute Gasteiger partial charge is 0.303 e. The molecule has 0 aromatic heterocycles. The summed E-state index contributed by atoms with van der Waals surface area (Å²) in [5.74, 6) is 0. The van der Waals surface area contributed by atoms with E-state index in [4.69, 9.17) is 19.2 Å². The topological polar surface area (TPSA) is 195 Å². The molecule has 19 heavy (non-hydrogen) atoms. The zero-order valence-corrected chi connectivity index (χ0v) is 10.2. The van der Waals surface area contributed by atoms with E-state index < -0.39 is 24.8 Å². The van der Waals surface area contributed by atoms with E-state index in [1.807, 2.05) is 0 Å². The van der Waals surface area contributed by atoms with Crippen LogP contribution in [-0.4, -0.2) is 36.3 Å². The first-order valence-corrected chi connectivity index (χ1v) is 6.59. The predicted molar refractivity (Wildman–Crippen MR) is 42.7 cm³/mol. The first kappa shape index (κ1) is 18.7. The van der Waals surface area contributed by atoms with Crippen LogP contribution < -0.4 is 0 Å². The van der Waals surface area contributed by atoms with E-state index in [0.29, 0.717) is 0 Å². The van der Waals surface area contributed by atoms with Crippen molar-refractivity contribution in [2.45, 2.75) is 0 Å². The highest BCUT2D eigenvalue weighted by molar-refractivity contribution is 7.81. The van der Waals surface area contributed by atoms with Crippen LogP contribution in [0.15, 0.2) is 0 Å². The summed E-state index contributed by atoms with van der Waals surface area (Å²) in [7, 11) is -9.01. The number of hydrogen-bond donors (Lipinski definition) is 3. The molecular weight excluding hydrogens is 327 g/mol. The molecule has 1 heterocycles. The van der Waals surface area contributed by atoms with Crippen LogP contribution >= 0.6 is 7.82 Å². The van der Waals surface area contributed by atoms with Gasteiger partial charge in [0.1, 0.15) is 6.61 Å². The highest BCUT2D eigenvalue weighted by Crippen LogP contribution is 2.25. The van der Waals surface area contributed by atoms with Crippen LogP contribution in [0.1, 0.15) is 0 Å². The van der Waals surface area contributed by atoms with Gasteiger partial charge in [-0.3, -0.25) is 0 Å². The first-order valence-electron chi connectivity index (χ1n) is 3.69. The molecule has 1 saturated heterocycles. The zero-order chi connectivity index (χ0) is 14.8. The molecule has 0 radical (unpaired) electrons. The average Bonchev–Trinajstić information content (AvgIpc) is 2.21. The summed E-state index contributed by atoms with van der Waals surface area (Å²) < 4.78 is 37.8. The lowest BCUT2D eigenvalue weighted by Gasteiger charge is -2.04. The SMILES string of the molecule is O=P(O)(O)O.O=S1(=O)OCCOOOOOOOO1. The maximum absolute atomic E-state index is 10.6. The fourth-order valence-corrected chi connectivity index (χ4v) is 0.736. The third kappa shape index (κ3) is 17.7. The zero-order valence-electron chi connectivity index (χ0n) is 8.51. The minimum atomic E-state index is -4.64. The second kappa shape index (κ2) is 9.58. The van der Waals surface area contributed by atoms with Crippen molar-refractivity contribution in [1.82, 2.24) is 0 Å². The highest BCUT2D eigenvalue weighted by atomic mass is 32.3. The van der Waals surface area contributed by atoms with Crippen molar-refractivity contribution in [2.75, 3.05) is 13.2 Å². The lowest BCUT2D eigenvalue weighted by atomic mass is 10.8. The second-order valence-corrected chi connectivity index (χ2v) is 4.26. The van der Waals surface area contributed by atoms with Crippen LogP contribution in [0, 0.1) is 0 Å². The number of phosphoric acid groups is 1. The molecule has 0 amide bonds. The van der Waals surface area contributed by atoms with Crippen LogP contribution in [0.3, 0.4) is 0 Å². The van der Waals surface area contributed by atoms with E-state index >= 15 is 0 Å². The van der Waals surface area contributed by atoms with Crippen LogP contribution in [0.25, 0.3) is 0 Å². The van der Waals surface area contributed by atoms with Gasteiger partial charge in [0.2, 0.25) is 0 Å². The van der Waals surface area contributed by atoms with Gasteiger partial charge in [-0.05, 0) is 30.2 Å². The van der Waals surface area contributed by atoms with Gasteiger partial charge in [-0.15, -0.1) is 0 Å². The monoisotopic (exact) mass is 334 g/mol. The van der Waals surface area contributed by atoms with Crippen LogP contribution in [0.2, 0.25) is 0 Å². The Labute approximate surface area is 104 Å². The second-order valence-electron chi connectivity index (χ2n) is 2.04. The van der Waals surface area contributed by atoms with Crippen molar-refractivity contribution in [3.05, 3.63) is 0 Å². The normalized spacial score (nSPS) is 22.3. The third-order valence-corrected chi connectivity index (χ3v) is 1.37. The lowest BCUT2D eigenvalue weighted by molar-refractivity contribution is -0.808. The van der Waals surface area contributed by atoms with E-state index in [9.17, 15) is 8.42 Å². The van der Waals surface area contributed by atoms with E-state index in [0.717, 1.165) is 0 Å². The number of hydrogen-bond acceptors (Lipinski definition) is 12. The van der Waals surface area contributed by atoms with Crippen molar-refractivity contribution < 1.29 is 71.3 Å². The summed E-state index contributed by atoms with van der Waals surface area (Å²) in [5.41, 5.74) is 0. The van der Waals surface area contributed by atoms with E-state index in [-0.39, 0.29) is 6.61 Å². The molecule has 116 valence electrons. The summed E-state index contributed by atoms with van der Waals surface area (Å²) in [6.07, 6.45) is 0. The largest absolute Gasteiger partial charge is 0.466 e. The standard InChI is InChI=1S/C2H4O11S.H3O4P/c3-14(4)6-2-1-5-7-8-9-10-11-12-13-14;1-5(2,3)4/h1-2H2;(H3,1,2,3,4). The molecule has 1 fully saturated rings. The van der Waals surface area contributed by atoms with Crippen molar-refractivity contribution in [3.63, 3.8) is 0 Å². The van der Waals surface area contributed by atoms with E-state index in [2.05, 4.69) is 43.6 Å². The fourth-order valence-electron chi connectivity index (χ4n) is 0.334. The van der Waals surface area contributed by atoms with Gasteiger partial charge in [0.05, 0.1) is 6.61 Å². The number of rotatable bonds is 0. The van der Waals surface area contributed by atoms with Gasteiger partial charge in [-0.25, -0.2) is 13.6 Å². The molecule has 1 aliphatic heterocycles. The van der Waals surface area contributed by atoms with Crippen LogP contribution in [0.4, 0.5) is 0 Å². The van der Waals surface area contributed by atoms with Crippen molar-refractivity contribution in [2.24, 2.45) is 0 Å². The molecule has 0 saturated carbocycles. The third-order valence-electron chi connectivity index (χ3n) is 0.692. The molecule has 0 atom stereocenters. The van der Waals surface area contributed by atoms with Crippen molar-refractivity contribution >= 4 is 18.2 Å². The highest BCUT2D eigenvalue weighted by Gasteiger charge is 2.15. The van der Waals surface area contributed by atoms with Crippen molar-refractivity contribution in [3.8, 4) is 0 Å². The van der Waals surface area contributed by atoms with Gasteiger partial charge >= 0.3 is 18.2 Å². The molecule has 0 spiro atoms. The fraction of sp³-hybridized carbons (Fsp3) is 1.00. The molecular formula is C2H7O15PS. The summed E-state index contributed by atoms with van der Waals surface area (Å²) >= 11 is 0. The maximum atomic E-state index is 10.6. The van der Waals surface area contributed by atoms with E-state index in [1.165, 1.54) is 0 Å². The summed E-state index contributed by atoms with van der Waals surface area (Å²) in [4.78, 5) is 25.7. The minimum Gasteiger partial charge on any atom is -0.303 e. The van der Waals surface area contributed by atoms with Gasteiger partial charge in [0.25, 0.3) is 0 Å². The summed E-state index contributed by atoms with van der Waals surface area (Å²) in [6.45, 7) is -0.692. The Morgan fingerprint density at radius 1 is 0.842 bits per heavy atom. The Morgan fingerprint density at radius 2 is 1.32 bits per heavy atom. The molecule has 15 nitrogen and oxygen atoms in total. The van der Waals surface area contributed by atoms with Gasteiger partial charge in [0.15, 0.2) is 0 Å². The average molecular weight is 334 g/mol. The molecule has 1 aliphatic rings. The molecule has 0 unspecified atom stereocenters. The summed E-state index contributed by atoms with van der Waals surface area (Å²) in [5, 5.41) is 21.5. The Kier molecular flexibility index (Phi) is 9.43. The molecule has 0 aromatic carbocycles. The lowest BCUT2D eigenvalue weighted by Crippen LogP contribution is -2.16. The molecule has 0 aliphatic carbocycles. The maximum Gasteiger partial charge on any atom is 0.466 e. The first-order chi connectivity index (χ1) is 8.71. The van der Waals surface area contributed by atoms with Gasteiger partial charge in [-0.2, -0.15) is 8.42 Å². The Morgan fingerprint density at radius 3 is 1.89 bits per heavy atom.